The highest BCUT2D eigenvalue weighted by Gasteiger charge is 2.17. The highest BCUT2D eigenvalue weighted by molar-refractivity contribution is 7.86. The number of hydrogen-bond donors (Lipinski definition) is 1. The molecule has 1 unspecified atom stereocenters. The van der Waals surface area contributed by atoms with Crippen molar-refractivity contribution in [2.75, 3.05) is 5.73 Å². The van der Waals surface area contributed by atoms with Gasteiger partial charge >= 0.3 is 0 Å². The quantitative estimate of drug-likeness (QED) is 0.744. The van der Waals surface area contributed by atoms with Crippen molar-refractivity contribution in [2.45, 2.75) is 17.0 Å². The molecule has 0 saturated heterocycles. The summed E-state index contributed by atoms with van der Waals surface area (Å²) in [5, 5.41) is 4.75. The lowest BCUT2D eigenvalue weighted by atomic mass is 10.3. The highest BCUT2D eigenvalue weighted by atomic mass is 35.5. The van der Waals surface area contributed by atoms with Crippen LogP contribution in [-0.2, 0) is 23.6 Å². The van der Waals surface area contributed by atoms with Gasteiger partial charge in [0, 0.05) is 18.3 Å². The number of nitrogens with two attached hydrogens (primary N) is 1. The summed E-state index contributed by atoms with van der Waals surface area (Å²) in [5.74, 6) is 0.313. The van der Waals surface area contributed by atoms with Gasteiger partial charge in [-0.15, -0.1) is 11.3 Å². The van der Waals surface area contributed by atoms with Gasteiger partial charge in [0.25, 0.3) is 0 Å². The fourth-order valence-corrected chi connectivity index (χ4v) is 4.86. The molecule has 0 aliphatic heterocycles. The second kappa shape index (κ2) is 5.40. The second-order valence-corrected chi connectivity index (χ2v) is 7.69. The van der Waals surface area contributed by atoms with E-state index in [4.69, 9.17) is 17.3 Å². The smallest absolute Gasteiger partial charge is 0.182 e. The minimum atomic E-state index is -1.25. The van der Waals surface area contributed by atoms with Crippen LogP contribution >= 0.6 is 22.9 Å². The first-order valence-electron chi connectivity index (χ1n) is 6.18. The van der Waals surface area contributed by atoms with Crippen LogP contribution in [0.4, 0.5) is 5.69 Å². The van der Waals surface area contributed by atoms with E-state index < -0.39 is 10.8 Å². The van der Waals surface area contributed by atoms with Gasteiger partial charge in [0.15, 0.2) is 4.34 Å². The van der Waals surface area contributed by atoms with Crippen LogP contribution in [0.25, 0.3) is 10.2 Å². The number of anilines is 1. The Bertz CT molecular complexity index is 855. The Hall–Kier alpha value is -1.44. The Balaban J connectivity index is 1.93. The molecule has 0 spiro atoms. The third kappa shape index (κ3) is 2.68. The number of halogens is 1. The fraction of sp³-hybridized carbons (Fsp3) is 0.231. The molecule has 0 aliphatic carbocycles. The number of nitrogen functional groups attached to an aromatic ring is 1. The maximum absolute atomic E-state index is 12.5. The van der Waals surface area contributed by atoms with Gasteiger partial charge in [0.1, 0.15) is 5.15 Å². The predicted molar refractivity (Wildman–Crippen MR) is 87.1 cm³/mol. The zero-order valence-corrected chi connectivity index (χ0v) is 13.8. The van der Waals surface area contributed by atoms with Crippen LogP contribution in [0.3, 0.4) is 0 Å². The Morgan fingerprint density at radius 2 is 2.24 bits per heavy atom. The summed E-state index contributed by atoms with van der Waals surface area (Å²) in [6.45, 7) is 1.86. The molecule has 3 aromatic rings. The number of rotatable bonds is 3. The normalized spacial score (nSPS) is 12.9. The van der Waals surface area contributed by atoms with E-state index in [0.717, 1.165) is 21.5 Å². The van der Waals surface area contributed by atoms with Crippen LogP contribution in [0.15, 0.2) is 22.5 Å². The lowest BCUT2D eigenvalue weighted by Crippen LogP contribution is -1.97. The molecule has 2 heterocycles. The third-order valence-corrected chi connectivity index (χ3v) is 6.26. The van der Waals surface area contributed by atoms with Crippen molar-refractivity contribution < 1.29 is 4.21 Å². The van der Waals surface area contributed by atoms with Gasteiger partial charge in [-0.2, -0.15) is 5.10 Å². The van der Waals surface area contributed by atoms with E-state index in [2.05, 4.69) is 10.1 Å². The second-order valence-electron chi connectivity index (χ2n) is 4.68. The maximum atomic E-state index is 12.5. The Morgan fingerprint density at radius 1 is 1.48 bits per heavy atom. The van der Waals surface area contributed by atoms with Crippen molar-refractivity contribution in [1.82, 2.24) is 14.8 Å². The minimum Gasteiger partial charge on any atom is -0.399 e. The molecular weight excluding hydrogens is 328 g/mol. The minimum absolute atomic E-state index is 0.313. The van der Waals surface area contributed by atoms with Crippen LogP contribution < -0.4 is 5.73 Å². The van der Waals surface area contributed by atoms with Crippen molar-refractivity contribution in [3.8, 4) is 0 Å². The Kier molecular flexibility index (Phi) is 3.73. The molecule has 21 heavy (non-hydrogen) atoms. The molecule has 0 radical (unpaired) electrons. The van der Waals surface area contributed by atoms with Gasteiger partial charge < -0.3 is 5.73 Å². The molecule has 0 fully saturated rings. The van der Waals surface area contributed by atoms with E-state index in [-0.39, 0.29) is 0 Å². The van der Waals surface area contributed by atoms with E-state index in [1.807, 2.05) is 19.1 Å². The Morgan fingerprint density at radius 3 is 2.90 bits per heavy atom. The number of aromatic nitrogens is 3. The molecule has 3 rings (SSSR count). The fourth-order valence-electron chi connectivity index (χ4n) is 2.05. The van der Waals surface area contributed by atoms with Crippen molar-refractivity contribution in [3.05, 3.63) is 34.6 Å². The highest BCUT2D eigenvalue weighted by Crippen LogP contribution is 2.29. The molecule has 0 amide bonds. The van der Waals surface area contributed by atoms with E-state index >= 15 is 0 Å². The molecule has 1 atom stereocenters. The van der Waals surface area contributed by atoms with Gasteiger partial charge in [0.05, 0.1) is 32.5 Å². The number of aryl methyl sites for hydroxylation is 2. The van der Waals surface area contributed by atoms with Crippen molar-refractivity contribution >= 4 is 49.6 Å². The molecule has 0 bridgehead atoms. The molecule has 2 N–H and O–H groups in total. The average molecular weight is 341 g/mol. The first-order chi connectivity index (χ1) is 9.95. The summed E-state index contributed by atoms with van der Waals surface area (Å²) < 4.78 is 15.6. The van der Waals surface area contributed by atoms with Gasteiger partial charge in [-0.3, -0.25) is 8.89 Å². The number of nitrogens with zero attached hydrogens (tertiary/aromatic N) is 3. The molecule has 0 saturated carbocycles. The van der Waals surface area contributed by atoms with Crippen LogP contribution in [0.5, 0.6) is 0 Å². The standard InChI is InChI=1S/C13H13ClN4OS2/c1-7-9(12(14)18(2)17-7)6-21(19)13-16-10-4-3-8(15)5-11(10)20-13/h3-5H,6,15H2,1-2H3. The number of hydrogen-bond acceptors (Lipinski definition) is 5. The first kappa shape index (κ1) is 14.5. The van der Waals surface area contributed by atoms with Crippen LogP contribution in [-0.4, -0.2) is 19.0 Å². The number of benzene rings is 1. The van der Waals surface area contributed by atoms with E-state index in [9.17, 15) is 4.21 Å². The molecule has 1 aromatic carbocycles. The zero-order chi connectivity index (χ0) is 15.1. The lowest BCUT2D eigenvalue weighted by molar-refractivity contribution is 0.682. The maximum Gasteiger partial charge on any atom is 0.182 e. The number of fused-ring (bicyclic) bond motifs is 1. The molecule has 5 nitrogen and oxygen atoms in total. The van der Waals surface area contributed by atoms with Crippen LogP contribution in [0.1, 0.15) is 11.3 Å². The van der Waals surface area contributed by atoms with Crippen LogP contribution in [0, 0.1) is 6.92 Å². The average Bonchev–Trinajstić information content (AvgIpc) is 2.95. The Labute approximate surface area is 133 Å². The first-order valence-corrected chi connectivity index (χ1v) is 8.69. The monoisotopic (exact) mass is 340 g/mol. The van der Waals surface area contributed by atoms with Gasteiger partial charge in [-0.05, 0) is 25.1 Å². The van der Waals surface area contributed by atoms with Gasteiger partial charge in [-0.25, -0.2) is 4.98 Å². The molecular formula is C13H13ClN4OS2. The van der Waals surface area contributed by atoms with Crippen LogP contribution in [0.2, 0.25) is 5.15 Å². The summed E-state index contributed by atoms with van der Waals surface area (Å²) in [7, 11) is 0.514. The summed E-state index contributed by atoms with van der Waals surface area (Å²) in [6, 6.07) is 5.47. The van der Waals surface area contributed by atoms with Crippen molar-refractivity contribution in [1.29, 1.82) is 0 Å². The largest absolute Gasteiger partial charge is 0.399 e. The summed E-state index contributed by atoms with van der Waals surface area (Å²) >= 11 is 7.57. The third-order valence-electron chi connectivity index (χ3n) is 3.13. The molecule has 110 valence electrons. The van der Waals surface area contributed by atoms with E-state index in [1.54, 1.807) is 17.8 Å². The molecule has 2 aromatic heterocycles. The zero-order valence-electron chi connectivity index (χ0n) is 11.5. The topological polar surface area (TPSA) is 73.8 Å². The van der Waals surface area contributed by atoms with Gasteiger partial charge in [-0.1, -0.05) is 11.6 Å². The predicted octanol–water partition coefficient (Wildman–Crippen LogP) is 2.88. The lowest BCUT2D eigenvalue weighted by Gasteiger charge is -1.98. The van der Waals surface area contributed by atoms with E-state index in [1.165, 1.54) is 11.3 Å². The SMILES string of the molecule is Cc1nn(C)c(Cl)c1CS(=O)c1nc2ccc(N)cc2s1. The summed E-state index contributed by atoms with van der Waals surface area (Å²) in [6.07, 6.45) is 0. The van der Waals surface area contributed by atoms with Crippen molar-refractivity contribution in [3.63, 3.8) is 0 Å². The van der Waals surface area contributed by atoms with E-state index in [0.29, 0.717) is 20.9 Å². The number of thiazole rings is 1. The van der Waals surface area contributed by atoms with Gasteiger partial charge in [0.2, 0.25) is 0 Å². The van der Waals surface area contributed by atoms with Crippen molar-refractivity contribution in [2.24, 2.45) is 7.05 Å². The molecule has 0 aliphatic rings. The summed E-state index contributed by atoms with van der Waals surface area (Å²) in [5.41, 5.74) is 8.83. The molecule has 8 heteroatoms. The summed E-state index contributed by atoms with van der Waals surface area (Å²) in [4.78, 5) is 4.41.